The van der Waals surface area contributed by atoms with Gasteiger partial charge in [-0.15, -0.1) is 0 Å². The van der Waals surface area contributed by atoms with Crippen LogP contribution in [0.25, 0.3) is 11.0 Å². The maximum atomic E-state index is 13.1. The number of carboxylic acid groups (broad SMARTS) is 1. The van der Waals surface area contributed by atoms with Gasteiger partial charge in [0.15, 0.2) is 0 Å². The van der Waals surface area contributed by atoms with E-state index in [9.17, 15) is 24.3 Å². The van der Waals surface area contributed by atoms with Crippen molar-refractivity contribution in [1.29, 1.82) is 0 Å². The number of amides is 2. The molecule has 4 N–H and O–H groups in total. The number of aromatic nitrogens is 2. The maximum absolute atomic E-state index is 13.1. The molecule has 0 saturated carbocycles. The second-order valence-corrected chi connectivity index (χ2v) is 8.81. The standard InChI is InChI=1S/C23H34N4O8/c1-23(2,3)35-21(31)25-10-12-33-14-15-34-13-11-26-16-6-4-5-7-17(16)27(22(26)32)18(20(29)30)8-9-19(24)28/h4-7,18H,8-15H2,1-3H3,(H2,24,28)(H,25,31)(H,29,30). The Bertz CT molecular complexity index is 1070. The van der Waals surface area contributed by atoms with E-state index in [-0.39, 0.29) is 39.2 Å². The molecule has 194 valence electrons. The second-order valence-electron chi connectivity index (χ2n) is 8.81. The lowest BCUT2D eigenvalue weighted by Crippen LogP contribution is -2.34. The number of imidazole rings is 1. The Hall–Kier alpha value is -3.38. The fraction of sp³-hybridized carbons (Fsp3) is 0.565. The molecule has 2 rings (SSSR count). The van der Waals surface area contributed by atoms with Gasteiger partial charge in [0.1, 0.15) is 11.6 Å². The van der Waals surface area contributed by atoms with Crippen LogP contribution in [-0.2, 0) is 30.3 Å². The number of aliphatic carboxylic acids is 1. The second kappa shape index (κ2) is 12.9. The Kier molecular flexibility index (Phi) is 10.3. The van der Waals surface area contributed by atoms with Crippen molar-refractivity contribution in [2.45, 2.75) is 51.8 Å². The van der Waals surface area contributed by atoms with Crippen molar-refractivity contribution < 1.29 is 33.7 Å². The number of nitrogens with two attached hydrogens (primary N) is 1. The Balaban J connectivity index is 1.87. The minimum absolute atomic E-state index is 0.0881. The Morgan fingerprint density at radius 3 is 2.29 bits per heavy atom. The van der Waals surface area contributed by atoms with Crippen molar-refractivity contribution in [2.75, 3.05) is 33.0 Å². The van der Waals surface area contributed by atoms with Crippen molar-refractivity contribution in [3.8, 4) is 0 Å². The molecule has 0 aliphatic heterocycles. The highest BCUT2D eigenvalue weighted by Crippen LogP contribution is 2.21. The molecular formula is C23H34N4O8. The molecule has 0 fully saturated rings. The normalized spacial score (nSPS) is 12.4. The lowest BCUT2D eigenvalue weighted by atomic mass is 10.1. The highest BCUT2D eigenvalue weighted by molar-refractivity contribution is 5.81. The summed E-state index contributed by atoms with van der Waals surface area (Å²) in [6.07, 6.45) is -0.754. The number of nitrogens with one attached hydrogen (secondary N) is 1. The van der Waals surface area contributed by atoms with Crippen LogP contribution >= 0.6 is 0 Å². The molecular weight excluding hydrogens is 460 g/mol. The van der Waals surface area contributed by atoms with Gasteiger partial charge in [0.25, 0.3) is 0 Å². The summed E-state index contributed by atoms with van der Waals surface area (Å²) in [5.41, 5.74) is 5.12. The monoisotopic (exact) mass is 494 g/mol. The molecule has 2 amide bonds. The van der Waals surface area contributed by atoms with Crippen molar-refractivity contribution >= 4 is 29.0 Å². The highest BCUT2D eigenvalue weighted by Gasteiger charge is 2.26. The number of carbonyl (C=O) groups excluding carboxylic acids is 2. The van der Waals surface area contributed by atoms with Gasteiger partial charge in [-0.3, -0.25) is 13.9 Å². The number of benzene rings is 1. The fourth-order valence-electron chi connectivity index (χ4n) is 3.41. The summed E-state index contributed by atoms with van der Waals surface area (Å²) in [5.74, 6) is -1.85. The minimum atomic E-state index is -1.22. The lowest BCUT2D eigenvalue weighted by Gasteiger charge is -2.19. The van der Waals surface area contributed by atoms with Gasteiger partial charge in [-0.25, -0.2) is 14.4 Å². The number of carbonyl (C=O) groups is 3. The van der Waals surface area contributed by atoms with Gasteiger partial charge < -0.3 is 30.4 Å². The highest BCUT2D eigenvalue weighted by atomic mass is 16.6. The van der Waals surface area contributed by atoms with Gasteiger partial charge in [-0.05, 0) is 39.3 Å². The number of hydrogen-bond donors (Lipinski definition) is 3. The molecule has 0 aliphatic carbocycles. The van der Waals surface area contributed by atoms with Crippen LogP contribution in [0.4, 0.5) is 4.79 Å². The predicted octanol–water partition coefficient (Wildman–Crippen LogP) is 1.25. The zero-order valence-electron chi connectivity index (χ0n) is 20.3. The van der Waals surface area contributed by atoms with E-state index in [1.54, 1.807) is 45.0 Å². The summed E-state index contributed by atoms with van der Waals surface area (Å²) in [4.78, 5) is 47.6. The minimum Gasteiger partial charge on any atom is -0.480 e. The third-order valence-corrected chi connectivity index (χ3v) is 4.88. The molecule has 0 aliphatic rings. The molecule has 0 saturated heterocycles. The average Bonchev–Trinajstić information content (AvgIpc) is 3.03. The van der Waals surface area contributed by atoms with Crippen molar-refractivity contribution in [3.63, 3.8) is 0 Å². The van der Waals surface area contributed by atoms with E-state index in [1.807, 2.05) is 0 Å². The lowest BCUT2D eigenvalue weighted by molar-refractivity contribution is -0.141. The van der Waals surface area contributed by atoms with E-state index in [4.69, 9.17) is 19.9 Å². The first-order chi connectivity index (χ1) is 16.5. The number of alkyl carbamates (subject to hydrolysis) is 1. The molecule has 12 nitrogen and oxygen atoms in total. The van der Waals surface area contributed by atoms with E-state index in [1.165, 1.54) is 9.13 Å². The van der Waals surface area contributed by atoms with Crippen LogP contribution in [0.15, 0.2) is 29.1 Å². The maximum Gasteiger partial charge on any atom is 0.407 e. The van der Waals surface area contributed by atoms with E-state index < -0.39 is 35.3 Å². The van der Waals surface area contributed by atoms with Gasteiger partial charge >= 0.3 is 17.8 Å². The van der Waals surface area contributed by atoms with Gasteiger partial charge in [0.2, 0.25) is 5.91 Å². The zero-order valence-corrected chi connectivity index (χ0v) is 20.3. The predicted molar refractivity (Wildman–Crippen MR) is 127 cm³/mol. The fourth-order valence-corrected chi connectivity index (χ4v) is 3.41. The number of primary amides is 1. The first kappa shape index (κ1) is 27.9. The van der Waals surface area contributed by atoms with Crippen LogP contribution in [0.3, 0.4) is 0 Å². The molecule has 35 heavy (non-hydrogen) atoms. The molecule has 1 aromatic carbocycles. The largest absolute Gasteiger partial charge is 0.480 e. The van der Waals surface area contributed by atoms with Crippen LogP contribution in [0, 0.1) is 0 Å². The van der Waals surface area contributed by atoms with E-state index >= 15 is 0 Å². The Morgan fingerprint density at radius 2 is 1.69 bits per heavy atom. The number of carboxylic acids is 1. The molecule has 0 radical (unpaired) electrons. The number of para-hydroxylation sites is 2. The first-order valence-electron chi connectivity index (χ1n) is 11.3. The molecule has 2 aromatic rings. The quantitative estimate of drug-likeness (QED) is 0.330. The summed E-state index contributed by atoms with van der Waals surface area (Å²) >= 11 is 0. The smallest absolute Gasteiger partial charge is 0.407 e. The molecule has 1 atom stereocenters. The number of ether oxygens (including phenoxy) is 3. The van der Waals surface area contributed by atoms with E-state index in [0.29, 0.717) is 24.2 Å². The molecule has 12 heteroatoms. The first-order valence-corrected chi connectivity index (χ1v) is 11.3. The van der Waals surface area contributed by atoms with Crippen molar-refractivity contribution in [3.05, 3.63) is 34.7 Å². The molecule has 1 aromatic heterocycles. The SMILES string of the molecule is CC(C)(C)OC(=O)NCCOCCOCCn1c(=O)n(C(CCC(N)=O)C(=O)O)c2ccccc21. The van der Waals surface area contributed by atoms with E-state index in [0.717, 1.165) is 0 Å². The third kappa shape index (κ3) is 8.72. The van der Waals surface area contributed by atoms with Crippen molar-refractivity contribution in [2.24, 2.45) is 5.73 Å². The van der Waals surface area contributed by atoms with Crippen LogP contribution < -0.4 is 16.7 Å². The number of rotatable bonds is 14. The van der Waals surface area contributed by atoms with Crippen LogP contribution in [0.2, 0.25) is 0 Å². The van der Waals surface area contributed by atoms with E-state index in [2.05, 4.69) is 5.32 Å². The summed E-state index contributed by atoms with van der Waals surface area (Å²) in [7, 11) is 0. The topological polar surface area (TPSA) is 164 Å². The summed E-state index contributed by atoms with van der Waals surface area (Å²) in [5, 5.41) is 12.2. The van der Waals surface area contributed by atoms with Crippen LogP contribution in [-0.4, -0.2) is 70.8 Å². The van der Waals surface area contributed by atoms with Gasteiger partial charge in [0.05, 0.1) is 44.0 Å². The summed E-state index contributed by atoms with van der Waals surface area (Å²) < 4.78 is 18.7. The van der Waals surface area contributed by atoms with Gasteiger partial charge in [-0.1, -0.05) is 12.1 Å². The Labute approximate surface area is 202 Å². The number of fused-ring (bicyclic) bond motifs is 1. The molecule has 0 spiro atoms. The van der Waals surface area contributed by atoms with Crippen LogP contribution in [0.1, 0.15) is 39.7 Å². The number of nitrogens with zero attached hydrogens (tertiary/aromatic N) is 2. The summed E-state index contributed by atoms with van der Waals surface area (Å²) in [6.45, 7) is 6.89. The Morgan fingerprint density at radius 1 is 1.06 bits per heavy atom. The van der Waals surface area contributed by atoms with Gasteiger partial charge in [-0.2, -0.15) is 0 Å². The van der Waals surface area contributed by atoms with Gasteiger partial charge in [0, 0.05) is 13.0 Å². The molecule has 1 heterocycles. The summed E-state index contributed by atoms with van der Waals surface area (Å²) in [6, 6.07) is 5.63. The van der Waals surface area contributed by atoms with Crippen LogP contribution in [0.5, 0.6) is 0 Å². The molecule has 0 bridgehead atoms. The molecule has 1 unspecified atom stereocenters. The number of hydrogen-bond acceptors (Lipinski definition) is 7. The average molecular weight is 495 g/mol. The zero-order chi connectivity index (χ0) is 26.0. The van der Waals surface area contributed by atoms with Crippen molar-refractivity contribution in [1.82, 2.24) is 14.5 Å². The third-order valence-electron chi connectivity index (χ3n) is 4.88.